The van der Waals surface area contributed by atoms with Crippen LogP contribution < -0.4 is 4.74 Å². The molecule has 0 unspecified atom stereocenters. The van der Waals surface area contributed by atoms with Gasteiger partial charge in [0.15, 0.2) is 5.78 Å². The summed E-state index contributed by atoms with van der Waals surface area (Å²) < 4.78 is 5.11. The molecule has 0 aliphatic rings. The number of rotatable bonds is 5. The molecule has 19 heavy (non-hydrogen) atoms. The predicted molar refractivity (Wildman–Crippen MR) is 73.4 cm³/mol. The summed E-state index contributed by atoms with van der Waals surface area (Å²) in [6.45, 7) is 6.42. The number of Topliss-reactive ketones (excluding diaryl/α,β-unsaturated/α-hetero) is 1. The lowest BCUT2D eigenvalue weighted by molar-refractivity contribution is 0.102. The Balaban J connectivity index is 3.35. The maximum absolute atomic E-state index is 12.3. The fourth-order valence-corrected chi connectivity index (χ4v) is 1.76. The molecule has 0 saturated heterocycles. The normalized spacial score (nSPS) is 11.8. The summed E-state index contributed by atoms with van der Waals surface area (Å²) in [4.78, 5) is 12.3. The molecule has 4 heteroatoms. The highest BCUT2D eigenvalue weighted by Crippen LogP contribution is 2.25. The Labute approximate surface area is 112 Å². The van der Waals surface area contributed by atoms with Crippen LogP contribution in [0.5, 0.6) is 5.75 Å². The van der Waals surface area contributed by atoms with Gasteiger partial charge in [-0.2, -0.15) is 0 Å². The molecule has 4 nitrogen and oxygen atoms in total. The second-order valence-corrected chi connectivity index (χ2v) is 4.23. The Hall–Kier alpha value is -2.07. The molecule has 0 atom stereocenters. The van der Waals surface area contributed by atoms with Gasteiger partial charge >= 0.3 is 0 Å². The van der Waals surface area contributed by atoms with Gasteiger partial charge in [0, 0.05) is 16.7 Å². The van der Waals surface area contributed by atoms with E-state index in [1.165, 1.54) is 14.0 Å². The maximum Gasteiger partial charge on any atom is 0.192 e. The molecular formula is C15H18O4. The summed E-state index contributed by atoms with van der Waals surface area (Å²) in [5, 5.41) is 19.2. The van der Waals surface area contributed by atoms with Crippen molar-refractivity contribution < 1.29 is 19.7 Å². The Bertz CT molecular complexity index is 541. The molecule has 0 aromatic heterocycles. The highest BCUT2D eigenvalue weighted by Gasteiger charge is 2.18. The van der Waals surface area contributed by atoms with Crippen LogP contribution in [0.25, 0.3) is 0 Å². The minimum Gasteiger partial charge on any atom is -0.507 e. The monoisotopic (exact) mass is 262 g/mol. The lowest BCUT2D eigenvalue weighted by Gasteiger charge is -2.12. The number of benzene rings is 1. The van der Waals surface area contributed by atoms with E-state index >= 15 is 0 Å². The zero-order valence-corrected chi connectivity index (χ0v) is 11.4. The molecule has 2 N–H and O–H groups in total. The van der Waals surface area contributed by atoms with Gasteiger partial charge in [-0.25, -0.2) is 0 Å². The van der Waals surface area contributed by atoms with E-state index < -0.39 is 0 Å². The molecule has 0 amide bonds. The highest BCUT2D eigenvalue weighted by molar-refractivity contribution is 6.10. The number of aliphatic hydroxyl groups is 2. The summed E-state index contributed by atoms with van der Waals surface area (Å²) >= 11 is 0. The quantitative estimate of drug-likeness (QED) is 0.370. The fraction of sp³-hybridized carbons (Fsp3) is 0.267. The topological polar surface area (TPSA) is 66.8 Å². The molecule has 0 saturated carbocycles. The number of ketones is 1. The number of aliphatic hydroxyl groups excluding tert-OH is 2. The van der Waals surface area contributed by atoms with Crippen molar-refractivity contribution in [1.29, 1.82) is 0 Å². The van der Waals surface area contributed by atoms with Crippen LogP contribution >= 0.6 is 0 Å². The number of carbonyl (C=O) groups excluding carboxylic acids is 1. The van der Waals surface area contributed by atoms with Gasteiger partial charge in [-0.1, -0.05) is 18.7 Å². The summed E-state index contributed by atoms with van der Waals surface area (Å²) in [6, 6.07) is 4.92. The number of allylic oxidation sites excluding steroid dienone is 2. The third-order valence-corrected chi connectivity index (χ3v) is 2.86. The first-order valence-electron chi connectivity index (χ1n) is 5.81. The molecule has 0 radical (unpaired) electrons. The van der Waals surface area contributed by atoms with E-state index in [0.717, 1.165) is 0 Å². The van der Waals surface area contributed by atoms with Crippen LogP contribution in [-0.4, -0.2) is 23.1 Å². The van der Waals surface area contributed by atoms with Crippen molar-refractivity contribution in [2.75, 3.05) is 7.11 Å². The minimum atomic E-state index is -0.358. The number of ether oxygens (including phenoxy) is 1. The second kappa shape index (κ2) is 6.20. The third kappa shape index (κ3) is 3.03. The Kier molecular flexibility index (Phi) is 4.89. The van der Waals surface area contributed by atoms with Gasteiger partial charge in [0.2, 0.25) is 0 Å². The van der Waals surface area contributed by atoms with E-state index in [-0.39, 0.29) is 23.7 Å². The first-order valence-corrected chi connectivity index (χ1v) is 5.81. The Morgan fingerprint density at radius 2 is 2.00 bits per heavy atom. The van der Waals surface area contributed by atoms with Crippen molar-refractivity contribution in [3.63, 3.8) is 0 Å². The predicted octanol–water partition coefficient (Wildman–Crippen LogP) is 2.78. The van der Waals surface area contributed by atoms with E-state index in [1.54, 1.807) is 25.1 Å². The molecular weight excluding hydrogens is 244 g/mol. The average Bonchev–Trinajstić information content (AvgIpc) is 2.43. The van der Waals surface area contributed by atoms with Crippen LogP contribution in [0.15, 0.2) is 41.7 Å². The standard InChI is InChI=1S/C15H18O4/c1-9(2)14(17)10(3)15(18)11-6-5-7-13(19-4)12(11)8-16/h5-7,16-17H,1,8H2,2-4H3/b14-10-. The summed E-state index contributed by atoms with van der Waals surface area (Å²) in [7, 11) is 1.47. The third-order valence-electron chi connectivity index (χ3n) is 2.86. The lowest BCUT2D eigenvalue weighted by Crippen LogP contribution is -2.09. The van der Waals surface area contributed by atoms with Gasteiger partial charge in [0.25, 0.3) is 0 Å². The number of hydrogen-bond donors (Lipinski definition) is 2. The maximum atomic E-state index is 12.3. The van der Waals surface area contributed by atoms with Gasteiger partial charge < -0.3 is 14.9 Å². The summed E-state index contributed by atoms with van der Waals surface area (Å²) in [6.07, 6.45) is 0. The van der Waals surface area contributed by atoms with Crippen LogP contribution in [0, 0.1) is 0 Å². The lowest BCUT2D eigenvalue weighted by atomic mass is 9.97. The molecule has 0 bridgehead atoms. The van der Waals surface area contributed by atoms with Crippen LogP contribution in [0.3, 0.4) is 0 Å². The van der Waals surface area contributed by atoms with E-state index in [9.17, 15) is 15.0 Å². The molecule has 0 heterocycles. The zero-order chi connectivity index (χ0) is 14.6. The van der Waals surface area contributed by atoms with Crippen molar-refractivity contribution in [3.8, 4) is 5.75 Å². The van der Waals surface area contributed by atoms with Gasteiger partial charge in [-0.3, -0.25) is 4.79 Å². The van der Waals surface area contributed by atoms with Crippen LogP contribution in [0.4, 0.5) is 0 Å². The second-order valence-electron chi connectivity index (χ2n) is 4.23. The highest BCUT2D eigenvalue weighted by atomic mass is 16.5. The van der Waals surface area contributed by atoms with Crippen molar-refractivity contribution >= 4 is 5.78 Å². The zero-order valence-electron chi connectivity index (χ0n) is 11.4. The average molecular weight is 262 g/mol. The molecule has 1 rings (SSSR count). The number of hydrogen-bond acceptors (Lipinski definition) is 4. The first kappa shape index (κ1) is 15.0. The van der Waals surface area contributed by atoms with E-state index in [2.05, 4.69) is 6.58 Å². The van der Waals surface area contributed by atoms with Gasteiger partial charge in [0.1, 0.15) is 11.5 Å². The molecule has 0 fully saturated rings. The fourth-order valence-electron chi connectivity index (χ4n) is 1.76. The van der Waals surface area contributed by atoms with E-state index in [4.69, 9.17) is 4.74 Å². The smallest absolute Gasteiger partial charge is 0.192 e. The first-order chi connectivity index (χ1) is 8.93. The molecule has 0 spiro atoms. The van der Waals surface area contributed by atoms with E-state index in [0.29, 0.717) is 22.4 Å². The van der Waals surface area contributed by atoms with Gasteiger partial charge in [-0.15, -0.1) is 0 Å². The molecule has 102 valence electrons. The SMILES string of the molecule is C=C(C)/C(O)=C(\C)C(=O)c1cccc(OC)c1CO. The van der Waals surface area contributed by atoms with Crippen molar-refractivity contribution in [2.45, 2.75) is 20.5 Å². The summed E-state index contributed by atoms with van der Waals surface area (Å²) in [5.74, 6) is -0.0453. The van der Waals surface area contributed by atoms with Crippen molar-refractivity contribution in [2.24, 2.45) is 0 Å². The van der Waals surface area contributed by atoms with Gasteiger partial charge in [0.05, 0.1) is 13.7 Å². The number of methoxy groups -OCH3 is 1. The molecule has 0 aliphatic heterocycles. The van der Waals surface area contributed by atoms with Crippen LogP contribution in [0.2, 0.25) is 0 Å². The molecule has 0 aliphatic carbocycles. The molecule has 1 aromatic carbocycles. The minimum absolute atomic E-state index is 0.128. The van der Waals surface area contributed by atoms with Gasteiger partial charge in [-0.05, 0) is 25.5 Å². The van der Waals surface area contributed by atoms with Crippen molar-refractivity contribution in [3.05, 3.63) is 52.8 Å². The van der Waals surface area contributed by atoms with Crippen molar-refractivity contribution in [1.82, 2.24) is 0 Å². The van der Waals surface area contributed by atoms with Crippen LogP contribution in [-0.2, 0) is 6.61 Å². The largest absolute Gasteiger partial charge is 0.507 e. The van der Waals surface area contributed by atoms with Crippen LogP contribution in [0.1, 0.15) is 29.8 Å². The Morgan fingerprint density at radius 1 is 1.37 bits per heavy atom. The summed E-state index contributed by atoms with van der Waals surface area (Å²) in [5.41, 5.74) is 1.32. The number of carbonyl (C=O) groups is 1. The Morgan fingerprint density at radius 3 is 2.47 bits per heavy atom. The van der Waals surface area contributed by atoms with E-state index in [1.807, 2.05) is 0 Å². The molecule has 1 aromatic rings.